The van der Waals surface area contributed by atoms with Gasteiger partial charge in [0, 0.05) is 43.5 Å². The van der Waals surface area contributed by atoms with E-state index in [4.69, 9.17) is 4.98 Å². The van der Waals surface area contributed by atoms with Crippen molar-refractivity contribution in [3.63, 3.8) is 0 Å². The number of likely N-dealkylation sites (tertiary alicyclic amines) is 2. The molecule has 6 heteroatoms. The van der Waals surface area contributed by atoms with Crippen molar-refractivity contribution in [1.82, 2.24) is 19.2 Å². The molecular formula is C20H27FN4O. The van der Waals surface area contributed by atoms with Gasteiger partial charge in [-0.15, -0.1) is 0 Å². The molecule has 0 radical (unpaired) electrons. The number of halogens is 1. The highest BCUT2D eigenvalue weighted by Crippen LogP contribution is 2.39. The van der Waals surface area contributed by atoms with Gasteiger partial charge in [-0.1, -0.05) is 6.07 Å². The number of hydrogen-bond donors (Lipinski definition) is 0. The zero-order valence-electron chi connectivity index (χ0n) is 15.5. The molecule has 2 aromatic rings. The second-order valence-electron chi connectivity index (χ2n) is 7.66. The molecule has 2 aliphatic rings. The summed E-state index contributed by atoms with van der Waals surface area (Å²) in [4.78, 5) is 21.3. The minimum atomic E-state index is -0.447. The van der Waals surface area contributed by atoms with Gasteiger partial charge < -0.3 is 9.30 Å². The Morgan fingerprint density at radius 1 is 1.23 bits per heavy atom. The van der Waals surface area contributed by atoms with Crippen molar-refractivity contribution >= 4 is 11.6 Å². The highest BCUT2D eigenvalue weighted by Gasteiger charge is 2.45. The first-order valence-corrected chi connectivity index (χ1v) is 9.64. The molecule has 4 heterocycles. The molecule has 1 atom stereocenters. The summed E-state index contributed by atoms with van der Waals surface area (Å²) < 4.78 is 15.1. The van der Waals surface area contributed by atoms with Crippen LogP contribution in [0.3, 0.4) is 0 Å². The van der Waals surface area contributed by atoms with Crippen molar-refractivity contribution in [3.8, 4) is 0 Å². The number of amides is 1. The first-order valence-electron chi connectivity index (χ1n) is 9.64. The lowest BCUT2D eigenvalue weighted by atomic mass is 9.88. The number of carbonyl (C=O) groups is 1. The van der Waals surface area contributed by atoms with E-state index in [-0.39, 0.29) is 18.0 Å². The van der Waals surface area contributed by atoms with Crippen LogP contribution < -0.4 is 0 Å². The first-order chi connectivity index (χ1) is 12.6. The van der Waals surface area contributed by atoms with E-state index in [2.05, 4.69) is 22.4 Å². The molecule has 2 fully saturated rings. The summed E-state index contributed by atoms with van der Waals surface area (Å²) in [7, 11) is 0. The molecule has 5 nitrogen and oxygen atoms in total. The number of hydrogen-bond acceptors (Lipinski definition) is 3. The molecule has 0 saturated carbocycles. The summed E-state index contributed by atoms with van der Waals surface area (Å²) >= 11 is 0. The first kappa shape index (κ1) is 17.5. The fourth-order valence-electron chi connectivity index (χ4n) is 4.76. The van der Waals surface area contributed by atoms with Gasteiger partial charge in [0.05, 0.1) is 5.69 Å². The molecule has 0 N–H and O–H groups in total. The van der Waals surface area contributed by atoms with Gasteiger partial charge in [-0.05, 0) is 51.3 Å². The molecule has 0 aliphatic carbocycles. The van der Waals surface area contributed by atoms with Gasteiger partial charge in [0.1, 0.15) is 12.3 Å². The van der Waals surface area contributed by atoms with Crippen molar-refractivity contribution in [2.75, 3.05) is 26.3 Å². The fourth-order valence-corrected chi connectivity index (χ4v) is 4.76. The number of imidazole rings is 1. The molecule has 26 heavy (non-hydrogen) atoms. The number of nitrogens with zero attached hydrogens (tertiary/aromatic N) is 4. The average Bonchev–Trinajstić information content (AvgIpc) is 3.02. The molecule has 1 spiro atoms. The Kier molecular flexibility index (Phi) is 4.69. The van der Waals surface area contributed by atoms with Crippen LogP contribution in [0.4, 0.5) is 4.39 Å². The van der Waals surface area contributed by atoms with Crippen LogP contribution in [0.1, 0.15) is 43.5 Å². The average molecular weight is 358 g/mol. The summed E-state index contributed by atoms with van der Waals surface area (Å²) in [5.41, 5.74) is 3.18. The minimum absolute atomic E-state index is 0.119. The molecule has 140 valence electrons. The van der Waals surface area contributed by atoms with E-state index < -0.39 is 6.67 Å². The maximum atomic E-state index is 13.0. The second kappa shape index (κ2) is 6.99. The van der Waals surface area contributed by atoms with Crippen molar-refractivity contribution in [3.05, 3.63) is 35.8 Å². The van der Waals surface area contributed by atoms with Gasteiger partial charge in [-0.2, -0.15) is 0 Å². The maximum Gasteiger partial charge on any atom is 0.223 e. The van der Waals surface area contributed by atoms with Gasteiger partial charge in [0.2, 0.25) is 5.91 Å². The highest BCUT2D eigenvalue weighted by atomic mass is 19.1. The van der Waals surface area contributed by atoms with E-state index in [1.807, 2.05) is 23.1 Å². The molecule has 2 saturated heterocycles. The Labute approximate surface area is 153 Å². The molecule has 0 aromatic carbocycles. The van der Waals surface area contributed by atoms with Gasteiger partial charge in [0.15, 0.2) is 0 Å². The maximum absolute atomic E-state index is 13.0. The summed E-state index contributed by atoms with van der Waals surface area (Å²) in [5.74, 6) is 0.132. The van der Waals surface area contributed by atoms with E-state index >= 15 is 0 Å². The predicted molar refractivity (Wildman–Crippen MR) is 98.7 cm³/mol. The van der Waals surface area contributed by atoms with Gasteiger partial charge in [-0.3, -0.25) is 9.69 Å². The Morgan fingerprint density at radius 2 is 2.12 bits per heavy atom. The predicted octanol–water partition coefficient (Wildman–Crippen LogP) is 2.96. The molecule has 2 aromatic heterocycles. The van der Waals surface area contributed by atoms with Crippen molar-refractivity contribution in [1.29, 1.82) is 0 Å². The van der Waals surface area contributed by atoms with Gasteiger partial charge in [-0.25, -0.2) is 9.37 Å². The topological polar surface area (TPSA) is 40.9 Å². The lowest BCUT2D eigenvalue weighted by Gasteiger charge is -2.37. The number of rotatable bonds is 4. The minimum Gasteiger partial charge on any atom is -0.334 e. The van der Waals surface area contributed by atoms with E-state index in [9.17, 15) is 9.18 Å². The molecule has 2 aliphatic heterocycles. The lowest BCUT2D eigenvalue weighted by Crippen LogP contribution is -2.47. The van der Waals surface area contributed by atoms with Crippen molar-refractivity contribution in [2.24, 2.45) is 0 Å². The summed E-state index contributed by atoms with van der Waals surface area (Å²) in [5, 5.41) is 0. The van der Waals surface area contributed by atoms with E-state index in [1.165, 1.54) is 5.69 Å². The quantitative estimate of drug-likeness (QED) is 0.844. The number of alkyl halides is 1. The normalized spacial score (nSPS) is 24.7. The summed E-state index contributed by atoms with van der Waals surface area (Å²) in [6.45, 7) is 4.70. The standard InChI is InChI=1S/C20H27FN4O/c1-16-17(22-18-5-2-3-12-24(16)18)15-23-11-4-7-20(9-13-23)8-6-19(26)25(20)14-10-21/h2-3,5,12H,4,6-11,13-15H2,1H3. The third-order valence-corrected chi connectivity index (χ3v) is 6.24. The second-order valence-corrected chi connectivity index (χ2v) is 7.66. The Morgan fingerprint density at radius 3 is 2.92 bits per heavy atom. The molecule has 0 bridgehead atoms. The zero-order chi connectivity index (χ0) is 18.1. The number of carbonyl (C=O) groups excluding carboxylic acids is 1. The SMILES string of the molecule is Cc1c(CN2CCCC3(CCC(=O)N3CCF)CC2)nc2ccccn12. The van der Waals surface area contributed by atoms with Crippen LogP contribution in [0, 0.1) is 6.92 Å². The Hall–Kier alpha value is -1.95. The number of fused-ring (bicyclic) bond motifs is 1. The summed E-state index contributed by atoms with van der Waals surface area (Å²) in [6, 6.07) is 6.07. The molecular weight excluding hydrogens is 331 g/mol. The van der Waals surface area contributed by atoms with Crippen LogP contribution >= 0.6 is 0 Å². The van der Waals surface area contributed by atoms with Gasteiger partial charge in [0.25, 0.3) is 0 Å². The van der Waals surface area contributed by atoms with E-state index in [0.29, 0.717) is 6.42 Å². The Balaban J connectivity index is 1.48. The van der Waals surface area contributed by atoms with Crippen LogP contribution in [0.15, 0.2) is 24.4 Å². The van der Waals surface area contributed by atoms with Crippen LogP contribution in [0.25, 0.3) is 5.65 Å². The van der Waals surface area contributed by atoms with Crippen LogP contribution in [-0.4, -0.2) is 56.9 Å². The van der Waals surface area contributed by atoms with Crippen molar-refractivity contribution in [2.45, 2.75) is 51.1 Å². The third kappa shape index (κ3) is 3.00. The van der Waals surface area contributed by atoms with Crippen molar-refractivity contribution < 1.29 is 9.18 Å². The monoisotopic (exact) mass is 358 g/mol. The largest absolute Gasteiger partial charge is 0.334 e. The number of aryl methyl sites for hydroxylation is 1. The highest BCUT2D eigenvalue weighted by molar-refractivity contribution is 5.79. The zero-order valence-corrected chi connectivity index (χ0v) is 15.5. The lowest BCUT2D eigenvalue weighted by molar-refractivity contribution is -0.131. The van der Waals surface area contributed by atoms with Crippen LogP contribution in [0.2, 0.25) is 0 Å². The smallest absolute Gasteiger partial charge is 0.223 e. The van der Waals surface area contributed by atoms with Gasteiger partial charge >= 0.3 is 0 Å². The molecule has 1 amide bonds. The third-order valence-electron chi connectivity index (χ3n) is 6.24. The van der Waals surface area contributed by atoms with Crippen LogP contribution in [0.5, 0.6) is 0 Å². The van der Waals surface area contributed by atoms with Crippen LogP contribution in [-0.2, 0) is 11.3 Å². The van der Waals surface area contributed by atoms with E-state index in [0.717, 1.165) is 56.7 Å². The fraction of sp³-hybridized carbons (Fsp3) is 0.600. The molecule has 1 unspecified atom stereocenters. The Bertz CT molecular complexity index is 804. The number of pyridine rings is 1. The van der Waals surface area contributed by atoms with E-state index in [1.54, 1.807) is 0 Å². The number of aromatic nitrogens is 2. The molecule has 4 rings (SSSR count). The summed E-state index contributed by atoms with van der Waals surface area (Å²) in [6.07, 6.45) is 6.48.